The molecular weight excluding hydrogens is 112 g/mol. The van der Waals surface area contributed by atoms with E-state index in [1.807, 2.05) is 20.3 Å². The number of hydrogen-bond acceptors (Lipinski definition) is 2. The van der Waals surface area contributed by atoms with Gasteiger partial charge in [-0.05, 0) is 32.7 Å². The van der Waals surface area contributed by atoms with E-state index >= 15 is 0 Å². The van der Waals surface area contributed by atoms with Gasteiger partial charge < -0.3 is 10.6 Å². The highest BCUT2D eigenvalue weighted by atomic mass is 14.9. The molecule has 0 aromatic rings. The van der Waals surface area contributed by atoms with Gasteiger partial charge in [-0.15, -0.1) is 0 Å². The summed E-state index contributed by atoms with van der Waals surface area (Å²) in [5, 5.41) is 6.12. The predicted molar refractivity (Wildman–Crippen MR) is 41.3 cm³/mol. The van der Waals surface area contributed by atoms with Gasteiger partial charge in [0.15, 0.2) is 0 Å². The van der Waals surface area contributed by atoms with Crippen LogP contribution in [0.2, 0.25) is 0 Å². The zero-order valence-corrected chi connectivity index (χ0v) is 6.65. The largest absolute Gasteiger partial charge is 0.394 e. The van der Waals surface area contributed by atoms with Gasteiger partial charge in [-0.3, -0.25) is 0 Å². The fourth-order valence-electron chi connectivity index (χ4n) is 0.580. The number of nitrogens with one attached hydrogen (secondary N) is 2. The van der Waals surface area contributed by atoms with E-state index in [1.165, 1.54) is 5.57 Å². The average Bonchev–Trinajstić information content (AvgIpc) is 1.87. The lowest BCUT2D eigenvalue weighted by Gasteiger charge is -2.09. The minimum atomic E-state index is 0.470. The molecule has 0 rings (SSSR count). The zero-order valence-electron chi connectivity index (χ0n) is 6.65. The van der Waals surface area contributed by atoms with Crippen LogP contribution in [0.25, 0.3) is 0 Å². The Bertz CT molecular complexity index is 97.1. The first kappa shape index (κ1) is 8.50. The molecule has 0 bridgehead atoms. The maximum atomic E-state index is 3.14. The van der Waals surface area contributed by atoms with Gasteiger partial charge in [-0.1, -0.05) is 0 Å². The lowest BCUT2D eigenvalue weighted by Crippen LogP contribution is -2.23. The maximum absolute atomic E-state index is 3.14. The van der Waals surface area contributed by atoms with Crippen LogP contribution in [0.15, 0.2) is 11.8 Å². The predicted octanol–water partition coefficient (Wildman–Crippen LogP) is 0.717. The van der Waals surface area contributed by atoms with Crippen molar-refractivity contribution in [1.82, 2.24) is 10.6 Å². The Balaban J connectivity index is 3.70. The number of hydrogen-bond donors (Lipinski definition) is 2. The van der Waals surface area contributed by atoms with Crippen molar-refractivity contribution in [3.8, 4) is 0 Å². The van der Waals surface area contributed by atoms with Crippen LogP contribution < -0.4 is 10.6 Å². The lowest BCUT2D eigenvalue weighted by atomic mass is 10.2. The molecule has 0 aliphatic rings. The Morgan fingerprint density at radius 3 is 2.33 bits per heavy atom. The first-order valence-corrected chi connectivity index (χ1v) is 3.23. The topological polar surface area (TPSA) is 24.1 Å². The molecule has 9 heavy (non-hydrogen) atoms. The molecule has 0 saturated carbocycles. The monoisotopic (exact) mass is 128 g/mol. The zero-order chi connectivity index (χ0) is 7.28. The van der Waals surface area contributed by atoms with Crippen LogP contribution in [0.5, 0.6) is 0 Å². The Labute approximate surface area is 57.3 Å². The van der Waals surface area contributed by atoms with Gasteiger partial charge in [-0.25, -0.2) is 0 Å². The summed E-state index contributed by atoms with van der Waals surface area (Å²) in [6, 6.07) is 0.470. The molecular formula is C7H16N2. The minimum absolute atomic E-state index is 0.470. The highest BCUT2D eigenvalue weighted by molar-refractivity contribution is 5.03. The molecule has 2 N–H and O–H groups in total. The van der Waals surface area contributed by atoms with Crippen LogP contribution >= 0.6 is 0 Å². The van der Waals surface area contributed by atoms with Gasteiger partial charge in [-0.2, -0.15) is 0 Å². The molecule has 0 heterocycles. The van der Waals surface area contributed by atoms with Crippen LogP contribution in [0.1, 0.15) is 13.8 Å². The van der Waals surface area contributed by atoms with Crippen molar-refractivity contribution >= 4 is 0 Å². The van der Waals surface area contributed by atoms with Gasteiger partial charge in [0.2, 0.25) is 0 Å². The fourth-order valence-corrected chi connectivity index (χ4v) is 0.580. The van der Waals surface area contributed by atoms with Crippen molar-refractivity contribution < 1.29 is 0 Å². The van der Waals surface area contributed by atoms with E-state index in [2.05, 4.69) is 24.5 Å². The van der Waals surface area contributed by atoms with Crippen LogP contribution in [0.4, 0.5) is 0 Å². The second kappa shape index (κ2) is 4.39. The molecule has 0 aliphatic heterocycles. The molecule has 0 aromatic carbocycles. The van der Waals surface area contributed by atoms with E-state index in [-0.39, 0.29) is 0 Å². The Morgan fingerprint density at radius 2 is 2.00 bits per heavy atom. The SMILES string of the molecule is CN/C=C(/C)C(C)NC. The molecule has 0 spiro atoms. The standard InChI is InChI=1S/C7H16N2/c1-6(5-8-3)7(2)9-4/h5,7-9H,1-4H3/b6-5-. The van der Waals surface area contributed by atoms with Gasteiger partial charge in [0.05, 0.1) is 0 Å². The summed E-state index contributed by atoms with van der Waals surface area (Å²) in [7, 11) is 3.86. The highest BCUT2D eigenvalue weighted by Gasteiger charge is 1.96. The van der Waals surface area contributed by atoms with E-state index < -0.39 is 0 Å². The molecule has 0 aliphatic carbocycles. The van der Waals surface area contributed by atoms with Crippen molar-refractivity contribution in [2.45, 2.75) is 19.9 Å². The van der Waals surface area contributed by atoms with E-state index in [0.29, 0.717) is 6.04 Å². The van der Waals surface area contributed by atoms with E-state index in [9.17, 15) is 0 Å². The van der Waals surface area contributed by atoms with Crippen molar-refractivity contribution in [1.29, 1.82) is 0 Å². The first-order chi connectivity index (χ1) is 4.22. The third kappa shape index (κ3) is 3.14. The van der Waals surface area contributed by atoms with E-state index in [4.69, 9.17) is 0 Å². The van der Waals surface area contributed by atoms with Crippen molar-refractivity contribution in [3.05, 3.63) is 11.8 Å². The maximum Gasteiger partial charge on any atom is 0.0262 e. The van der Waals surface area contributed by atoms with Crippen LogP contribution in [-0.2, 0) is 0 Å². The van der Waals surface area contributed by atoms with Gasteiger partial charge >= 0.3 is 0 Å². The molecule has 0 fully saturated rings. The first-order valence-electron chi connectivity index (χ1n) is 3.23. The van der Waals surface area contributed by atoms with Gasteiger partial charge in [0.25, 0.3) is 0 Å². The van der Waals surface area contributed by atoms with Gasteiger partial charge in [0, 0.05) is 13.1 Å². The van der Waals surface area contributed by atoms with Crippen molar-refractivity contribution in [3.63, 3.8) is 0 Å². The Hall–Kier alpha value is -0.500. The Kier molecular flexibility index (Phi) is 4.14. The van der Waals surface area contributed by atoms with E-state index in [1.54, 1.807) is 0 Å². The summed E-state index contributed by atoms with van der Waals surface area (Å²) in [5.74, 6) is 0. The normalized spacial score (nSPS) is 15.3. The molecule has 0 amide bonds. The van der Waals surface area contributed by atoms with Crippen LogP contribution in [0, 0.1) is 0 Å². The molecule has 1 unspecified atom stereocenters. The quantitative estimate of drug-likeness (QED) is 0.585. The lowest BCUT2D eigenvalue weighted by molar-refractivity contribution is 0.686. The third-order valence-electron chi connectivity index (χ3n) is 1.49. The fraction of sp³-hybridized carbons (Fsp3) is 0.714. The smallest absolute Gasteiger partial charge is 0.0262 e. The molecule has 0 saturated heterocycles. The molecule has 0 radical (unpaired) electrons. The van der Waals surface area contributed by atoms with Crippen LogP contribution in [0.3, 0.4) is 0 Å². The van der Waals surface area contributed by atoms with E-state index in [0.717, 1.165) is 0 Å². The highest BCUT2D eigenvalue weighted by Crippen LogP contribution is 1.96. The second-order valence-corrected chi connectivity index (χ2v) is 2.19. The second-order valence-electron chi connectivity index (χ2n) is 2.19. The minimum Gasteiger partial charge on any atom is -0.394 e. The van der Waals surface area contributed by atoms with Crippen molar-refractivity contribution in [2.75, 3.05) is 14.1 Å². The Morgan fingerprint density at radius 1 is 1.44 bits per heavy atom. The average molecular weight is 128 g/mol. The summed E-state index contributed by atoms with van der Waals surface area (Å²) in [6.07, 6.45) is 2.00. The molecule has 1 atom stereocenters. The van der Waals surface area contributed by atoms with Gasteiger partial charge in [0.1, 0.15) is 0 Å². The van der Waals surface area contributed by atoms with Crippen LogP contribution in [-0.4, -0.2) is 20.1 Å². The molecule has 2 heteroatoms. The number of rotatable bonds is 3. The molecule has 54 valence electrons. The van der Waals surface area contributed by atoms with Crippen molar-refractivity contribution in [2.24, 2.45) is 0 Å². The summed E-state index contributed by atoms with van der Waals surface area (Å²) in [5.41, 5.74) is 1.32. The summed E-state index contributed by atoms with van der Waals surface area (Å²) < 4.78 is 0. The third-order valence-corrected chi connectivity index (χ3v) is 1.49. The number of likely N-dealkylation sites (N-methyl/N-ethyl adjacent to an activating group) is 1. The summed E-state index contributed by atoms with van der Waals surface area (Å²) in [4.78, 5) is 0. The molecule has 0 aromatic heterocycles. The summed E-state index contributed by atoms with van der Waals surface area (Å²) >= 11 is 0. The summed E-state index contributed by atoms with van der Waals surface area (Å²) in [6.45, 7) is 4.22. The molecule has 2 nitrogen and oxygen atoms in total.